The SMILES string of the molecule is CCCCN(C)c1ccc(C(=O)NC2CCCCC2)nn1. The van der Waals surface area contributed by atoms with Crippen LogP contribution >= 0.6 is 0 Å². The Hall–Kier alpha value is -1.65. The van der Waals surface area contributed by atoms with Crippen molar-refractivity contribution in [3.05, 3.63) is 17.8 Å². The first kappa shape index (κ1) is 15.7. The number of rotatable bonds is 6. The van der Waals surface area contributed by atoms with Gasteiger partial charge in [-0.2, -0.15) is 0 Å². The summed E-state index contributed by atoms with van der Waals surface area (Å²) in [4.78, 5) is 14.2. The van der Waals surface area contributed by atoms with Crippen molar-refractivity contribution in [1.82, 2.24) is 15.5 Å². The minimum atomic E-state index is -0.0999. The molecule has 0 saturated heterocycles. The highest BCUT2D eigenvalue weighted by Crippen LogP contribution is 2.17. The molecule has 0 aromatic carbocycles. The summed E-state index contributed by atoms with van der Waals surface area (Å²) >= 11 is 0. The highest BCUT2D eigenvalue weighted by molar-refractivity contribution is 5.92. The van der Waals surface area contributed by atoms with Crippen LogP contribution in [0.15, 0.2) is 12.1 Å². The molecule has 0 spiro atoms. The molecule has 5 nitrogen and oxygen atoms in total. The second-order valence-electron chi connectivity index (χ2n) is 5.86. The van der Waals surface area contributed by atoms with Crippen molar-refractivity contribution in [2.24, 2.45) is 0 Å². The second-order valence-corrected chi connectivity index (χ2v) is 5.86. The molecule has 1 aromatic rings. The largest absolute Gasteiger partial charge is 0.358 e. The van der Waals surface area contributed by atoms with Gasteiger partial charge in [0.25, 0.3) is 5.91 Å². The highest BCUT2D eigenvalue weighted by Gasteiger charge is 2.17. The normalized spacial score (nSPS) is 15.7. The Kier molecular flexibility index (Phi) is 5.96. The van der Waals surface area contributed by atoms with E-state index in [0.717, 1.165) is 38.0 Å². The Morgan fingerprint density at radius 2 is 2.05 bits per heavy atom. The monoisotopic (exact) mass is 290 g/mol. The third-order valence-electron chi connectivity index (χ3n) is 4.06. The van der Waals surface area contributed by atoms with Gasteiger partial charge in [-0.3, -0.25) is 4.79 Å². The molecule has 0 atom stereocenters. The average Bonchev–Trinajstić information content (AvgIpc) is 2.53. The lowest BCUT2D eigenvalue weighted by molar-refractivity contribution is 0.0921. The maximum Gasteiger partial charge on any atom is 0.272 e. The fourth-order valence-corrected chi connectivity index (χ4v) is 2.67. The number of aromatic nitrogens is 2. The van der Waals surface area contributed by atoms with Crippen LogP contribution in [0, 0.1) is 0 Å². The zero-order valence-electron chi connectivity index (χ0n) is 13.1. The summed E-state index contributed by atoms with van der Waals surface area (Å²) < 4.78 is 0. The quantitative estimate of drug-likeness (QED) is 0.875. The fraction of sp³-hybridized carbons (Fsp3) is 0.688. The molecule has 116 valence electrons. The molecule has 0 bridgehead atoms. The van der Waals surface area contributed by atoms with Crippen molar-refractivity contribution in [2.75, 3.05) is 18.5 Å². The minimum absolute atomic E-state index is 0.0999. The average molecular weight is 290 g/mol. The predicted molar refractivity (Wildman–Crippen MR) is 84.5 cm³/mol. The fourth-order valence-electron chi connectivity index (χ4n) is 2.67. The smallest absolute Gasteiger partial charge is 0.272 e. The van der Waals surface area contributed by atoms with Crippen molar-refractivity contribution >= 4 is 11.7 Å². The Bertz CT molecular complexity index is 440. The molecule has 1 amide bonds. The first-order valence-corrected chi connectivity index (χ1v) is 8.06. The summed E-state index contributed by atoms with van der Waals surface area (Å²) in [7, 11) is 2.00. The van der Waals surface area contributed by atoms with Crippen LogP contribution < -0.4 is 10.2 Å². The lowest BCUT2D eigenvalue weighted by Gasteiger charge is -2.22. The minimum Gasteiger partial charge on any atom is -0.358 e. The third kappa shape index (κ3) is 4.69. The van der Waals surface area contributed by atoms with E-state index in [2.05, 4.69) is 27.3 Å². The number of amides is 1. The van der Waals surface area contributed by atoms with Crippen LogP contribution in [-0.4, -0.2) is 35.7 Å². The molecule has 2 rings (SSSR count). The molecule has 5 heteroatoms. The summed E-state index contributed by atoms with van der Waals surface area (Å²) in [6.45, 7) is 3.12. The van der Waals surface area contributed by atoms with Gasteiger partial charge >= 0.3 is 0 Å². The van der Waals surface area contributed by atoms with Crippen LogP contribution in [-0.2, 0) is 0 Å². The molecule has 0 aliphatic heterocycles. The Morgan fingerprint density at radius 3 is 2.67 bits per heavy atom. The van der Waals surface area contributed by atoms with Crippen molar-refractivity contribution in [1.29, 1.82) is 0 Å². The van der Waals surface area contributed by atoms with E-state index in [1.54, 1.807) is 6.07 Å². The maximum atomic E-state index is 12.1. The molecule has 1 fully saturated rings. The summed E-state index contributed by atoms with van der Waals surface area (Å²) in [6, 6.07) is 3.95. The van der Waals surface area contributed by atoms with E-state index in [4.69, 9.17) is 0 Å². The van der Waals surface area contributed by atoms with E-state index in [1.165, 1.54) is 19.3 Å². The zero-order valence-corrected chi connectivity index (χ0v) is 13.1. The van der Waals surface area contributed by atoms with Gasteiger partial charge in [-0.25, -0.2) is 0 Å². The Labute approximate surface area is 127 Å². The van der Waals surface area contributed by atoms with Gasteiger partial charge in [-0.1, -0.05) is 32.6 Å². The summed E-state index contributed by atoms with van der Waals surface area (Å²) in [5, 5.41) is 11.3. The highest BCUT2D eigenvalue weighted by atomic mass is 16.2. The predicted octanol–water partition coefficient (Wildman–Crippen LogP) is 2.78. The standard InChI is InChI=1S/C16H26N4O/c1-3-4-12-20(2)15-11-10-14(18-19-15)16(21)17-13-8-6-5-7-9-13/h10-11,13H,3-9,12H2,1-2H3,(H,17,21). The van der Waals surface area contributed by atoms with E-state index in [0.29, 0.717) is 11.7 Å². The number of hydrogen-bond acceptors (Lipinski definition) is 4. The molecule has 0 unspecified atom stereocenters. The molecular formula is C16H26N4O. The Balaban J connectivity index is 1.89. The van der Waals surface area contributed by atoms with Crippen LogP contribution in [0.5, 0.6) is 0 Å². The number of hydrogen-bond donors (Lipinski definition) is 1. The summed E-state index contributed by atoms with van der Waals surface area (Å²) in [5.74, 6) is 0.717. The van der Waals surface area contributed by atoms with Gasteiger partial charge in [0.05, 0.1) is 0 Å². The van der Waals surface area contributed by atoms with E-state index in [-0.39, 0.29) is 5.91 Å². The zero-order chi connectivity index (χ0) is 15.1. The number of anilines is 1. The van der Waals surface area contributed by atoms with Crippen LogP contribution in [0.4, 0.5) is 5.82 Å². The topological polar surface area (TPSA) is 58.1 Å². The number of carbonyl (C=O) groups excluding carboxylic acids is 1. The van der Waals surface area contributed by atoms with Crippen molar-refractivity contribution in [3.63, 3.8) is 0 Å². The van der Waals surface area contributed by atoms with Crippen LogP contribution in [0.25, 0.3) is 0 Å². The van der Waals surface area contributed by atoms with Gasteiger partial charge in [0.1, 0.15) is 0 Å². The van der Waals surface area contributed by atoms with Gasteiger partial charge in [0.15, 0.2) is 11.5 Å². The van der Waals surface area contributed by atoms with Gasteiger partial charge in [0, 0.05) is 19.6 Å². The lowest BCUT2D eigenvalue weighted by Crippen LogP contribution is -2.36. The summed E-state index contributed by atoms with van der Waals surface area (Å²) in [5.41, 5.74) is 0.410. The molecular weight excluding hydrogens is 264 g/mol. The number of nitrogens with one attached hydrogen (secondary N) is 1. The Morgan fingerprint density at radius 1 is 1.29 bits per heavy atom. The van der Waals surface area contributed by atoms with Gasteiger partial charge in [-0.05, 0) is 31.4 Å². The van der Waals surface area contributed by atoms with Crippen LogP contribution in [0.2, 0.25) is 0 Å². The van der Waals surface area contributed by atoms with Crippen LogP contribution in [0.1, 0.15) is 62.4 Å². The van der Waals surface area contributed by atoms with Crippen molar-refractivity contribution < 1.29 is 4.79 Å². The van der Waals surface area contributed by atoms with E-state index >= 15 is 0 Å². The number of carbonyl (C=O) groups is 1. The second kappa shape index (κ2) is 7.96. The molecule has 1 aliphatic rings. The molecule has 1 heterocycles. The number of unbranched alkanes of at least 4 members (excludes halogenated alkanes) is 1. The molecule has 1 saturated carbocycles. The van der Waals surface area contributed by atoms with Gasteiger partial charge in [0.2, 0.25) is 0 Å². The van der Waals surface area contributed by atoms with Gasteiger partial charge < -0.3 is 10.2 Å². The molecule has 1 aliphatic carbocycles. The first-order valence-electron chi connectivity index (χ1n) is 8.06. The van der Waals surface area contributed by atoms with Gasteiger partial charge in [-0.15, -0.1) is 10.2 Å². The van der Waals surface area contributed by atoms with E-state index in [1.807, 2.05) is 13.1 Å². The third-order valence-corrected chi connectivity index (χ3v) is 4.06. The molecule has 1 N–H and O–H groups in total. The van der Waals surface area contributed by atoms with E-state index < -0.39 is 0 Å². The number of nitrogens with zero attached hydrogens (tertiary/aromatic N) is 3. The lowest BCUT2D eigenvalue weighted by atomic mass is 9.95. The molecule has 0 radical (unpaired) electrons. The molecule has 21 heavy (non-hydrogen) atoms. The molecule has 1 aromatic heterocycles. The van der Waals surface area contributed by atoms with Crippen LogP contribution in [0.3, 0.4) is 0 Å². The van der Waals surface area contributed by atoms with Crippen molar-refractivity contribution in [2.45, 2.75) is 57.9 Å². The van der Waals surface area contributed by atoms with E-state index in [9.17, 15) is 4.79 Å². The van der Waals surface area contributed by atoms with Crippen molar-refractivity contribution in [3.8, 4) is 0 Å². The maximum absolute atomic E-state index is 12.1. The first-order chi connectivity index (χ1) is 10.2. The summed E-state index contributed by atoms with van der Waals surface area (Å²) in [6.07, 6.45) is 8.14.